The van der Waals surface area contributed by atoms with Crippen LogP contribution in [0.2, 0.25) is 0 Å². The number of fused-ring (bicyclic) bond motifs is 1. The number of nitrogens with two attached hydrogens (primary N) is 1. The SMILES string of the molecule is Nn1c(C(=O)O)nc2ccccc2c1=O. The van der Waals surface area contributed by atoms with Crippen LogP contribution in [0.25, 0.3) is 10.9 Å². The largest absolute Gasteiger partial charge is 0.475 e. The highest BCUT2D eigenvalue weighted by molar-refractivity contribution is 5.87. The third-order valence-corrected chi connectivity index (χ3v) is 2.00. The Hall–Kier alpha value is -2.37. The Balaban J connectivity index is 2.95. The maximum absolute atomic E-state index is 11.6. The van der Waals surface area contributed by atoms with Gasteiger partial charge in [0.05, 0.1) is 10.9 Å². The van der Waals surface area contributed by atoms with E-state index in [1.54, 1.807) is 24.3 Å². The van der Waals surface area contributed by atoms with Gasteiger partial charge in [-0.05, 0) is 12.1 Å². The minimum atomic E-state index is -1.33. The molecular weight excluding hydrogens is 198 g/mol. The number of carboxylic acids is 1. The van der Waals surface area contributed by atoms with Gasteiger partial charge in [0, 0.05) is 0 Å². The minimum Gasteiger partial charge on any atom is -0.475 e. The Labute approximate surface area is 83.6 Å². The molecule has 0 spiro atoms. The second-order valence-corrected chi connectivity index (χ2v) is 2.93. The molecule has 0 saturated carbocycles. The predicted molar refractivity (Wildman–Crippen MR) is 53.1 cm³/mol. The van der Waals surface area contributed by atoms with E-state index in [9.17, 15) is 9.59 Å². The van der Waals surface area contributed by atoms with Gasteiger partial charge in [0.1, 0.15) is 0 Å². The lowest BCUT2D eigenvalue weighted by molar-refractivity contribution is 0.0679. The normalized spacial score (nSPS) is 10.4. The molecule has 0 amide bonds. The first-order valence-electron chi connectivity index (χ1n) is 4.11. The van der Waals surface area contributed by atoms with Gasteiger partial charge in [-0.25, -0.2) is 14.5 Å². The molecule has 0 aliphatic carbocycles. The van der Waals surface area contributed by atoms with Crippen molar-refractivity contribution in [1.82, 2.24) is 9.66 Å². The molecule has 1 aromatic carbocycles. The van der Waals surface area contributed by atoms with Crippen molar-refractivity contribution in [3.8, 4) is 0 Å². The summed E-state index contributed by atoms with van der Waals surface area (Å²) in [6, 6.07) is 6.43. The highest BCUT2D eigenvalue weighted by atomic mass is 16.4. The first-order valence-corrected chi connectivity index (χ1v) is 4.11. The van der Waals surface area contributed by atoms with Gasteiger partial charge in [-0.3, -0.25) is 4.79 Å². The number of rotatable bonds is 1. The second kappa shape index (κ2) is 3.09. The summed E-state index contributed by atoms with van der Waals surface area (Å²) in [5, 5.41) is 9.04. The summed E-state index contributed by atoms with van der Waals surface area (Å²) in [4.78, 5) is 26.1. The van der Waals surface area contributed by atoms with E-state index in [0.717, 1.165) is 0 Å². The third-order valence-electron chi connectivity index (χ3n) is 2.00. The van der Waals surface area contributed by atoms with Gasteiger partial charge in [0.2, 0.25) is 5.82 Å². The highest BCUT2D eigenvalue weighted by Gasteiger charge is 2.13. The maximum Gasteiger partial charge on any atom is 0.374 e. The number of aromatic nitrogens is 2. The van der Waals surface area contributed by atoms with Crippen molar-refractivity contribution in [2.24, 2.45) is 0 Å². The summed E-state index contributed by atoms with van der Waals surface area (Å²) < 4.78 is 0.532. The zero-order valence-corrected chi connectivity index (χ0v) is 7.54. The smallest absolute Gasteiger partial charge is 0.374 e. The molecule has 0 aliphatic rings. The molecule has 0 aliphatic heterocycles. The van der Waals surface area contributed by atoms with Crippen molar-refractivity contribution in [2.75, 3.05) is 5.84 Å². The molecule has 0 saturated heterocycles. The number of carbonyl (C=O) groups is 1. The molecule has 1 aromatic heterocycles. The lowest BCUT2D eigenvalue weighted by Gasteiger charge is -2.04. The van der Waals surface area contributed by atoms with Crippen LogP contribution in [-0.2, 0) is 0 Å². The average molecular weight is 205 g/mol. The van der Waals surface area contributed by atoms with E-state index in [2.05, 4.69) is 4.98 Å². The summed E-state index contributed by atoms with van der Waals surface area (Å²) in [6.45, 7) is 0. The highest BCUT2D eigenvalue weighted by Crippen LogP contribution is 2.06. The third kappa shape index (κ3) is 1.32. The maximum atomic E-state index is 11.6. The van der Waals surface area contributed by atoms with Gasteiger partial charge in [0.15, 0.2) is 0 Å². The van der Waals surface area contributed by atoms with Gasteiger partial charge >= 0.3 is 5.97 Å². The van der Waals surface area contributed by atoms with Crippen molar-refractivity contribution in [1.29, 1.82) is 0 Å². The van der Waals surface area contributed by atoms with E-state index in [4.69, 9.17) is 10.9 Å². The van der Waals surface area contributed by atoms with Crippen molar-refractivity contribution in [2.45, 2.75) is 0 Å². The van der Waals surface area contributed by atoms with Crippen molar-refractivity contribution >= 4 is 16.9 Å². The first-order chi connectivity index (χ1) is 7.11. The molecule has 6 nitrogen and oxygen atoms in total. The summed E-state index contributed by atoms with van der Waals surface area (Å²) in [5.41, 5.74) is -0.250. The molecule has 3 N–H and O–H groups in total. The van der Waals surface area contributed by atoms with Crippen molar-refractivity contribution in [3.05, 3.63) is 40.4 Å². The number of para-hydroxylation sites is 1. The number of hydrogen-bond acceptors (Lipinski definition) is 4. The summed E-state index contributed by atoms with van der Waals surface area (Å²) >= 11 is 0. The van der Waals surface area contributed by atoms with Gasteiger partial charge < -0.3 is 10.9 Å². The summed E-state index contributed by atoms with van der Waals surface area (Å²) in [6.07, 6.45) is 0. The molecule has 15 heavy (non-hydrogen) atoms. The van der Waals surface area contributed by atoms with Crippen LogP contribution in [0.15, 0.2) is 29.1 Å². The molecule has 0 atom stereocenters. The molecular formula is C9H7N3O3. The number of nitrogens with zero attached hydrogens (tertiary/aromatic N) is 2. The van der Waals surface area contributed by atoms with Gasteiger partial charge in [0.25, 0.3) is 5.56 Å². The van der Waals surface area contributed by atoms with E-state index in [1.165, 1.54) is 0 Å². The first kappa shape index (κ1) is 9.20. The van der Waals surface area contributed by atoms with Gasteiger partial charge in [-0.1, -0.05) is 12.1 Å². The molecule has 76 valence electrons. The van der Waals surface area contributed by atoms with Gasteiger partial charge in [-0.2, -0.15) is 0 Å². The molecule has 0 fully saturated rings. The fourth-order valence-corrected chi connectivity index (χ4v) is 1.30. The van der Waals surface area contributed by atoms with E-state index in [0.29, 0.717) is 15.6 Å². The van der Waals surface area contributed by atoms with Crippen LogP contribution in [0, 0.1) is 0 Å². The summed E-state index contributed by atoms with van der Waals surface area (Å²) in [7, 11) is 0. The average Bonchev–Trinajstić information content (AvgIpc) is 2.23. The molecule has 1 heterocycles. The predicted octanol–water partition coefficient (Wildman–Crippen LogP) is -0.192. The van der Waals surface area contributed by atoms with Crippen LogP contribution >= 0.6 is 0 Å². The number of carboxylic acid groups (broad SMARTS) is 1. The molecule has 6 heteroatoms. The zero-order valence-electron chi connectivity index (χ0n) is 7.54. The Bertz CT molecular complexity index is 603. The number of benzene rings is 1. The minimum absolute atomic E-state index is 0.296. The van der Waals surface area contributed by atoms with E-state index >= 15 is 0 Å². The Morgan fingerprint density at radius 3 is 2.73 bits per heavy atom. The number of nitrogen functional groups attached to an aromatic ring is 1. The van der Waals surface area contributed by atoms with Crippen LogP contribution in [0.1, 0.15) is 10.6 Å². The van der Waals surface area contributed by atoms with Gasteiger partial charge in [-0.15, -0.1) is 0 Å². The van der Waals surface area contributed by atoms with Crippen LogP contribution in [0.4, 0.5) is 0 Å². The Kier molecular flexibility index (Phi) is 1.89. The van der Waals surface area contributed by atoms with E-state index in [1.807, 2.05) is 0 Å². The Morgan fingerprint density at radius 1 is 1.40 bits per heavy atom. The Morgan fingerprint density at radius 2 is 2.07 bits per heavy atom. The van der Waals surface area contributed by atoms with Crippen LogP contribution in [0.5, 0.6) is 0 Å². The molecule has 0 unspecified atom stereocenters. The van der Waals surface area contributed by atoms with Crippen LogP contribution in [-0.4, -0.2) is 20.7 Å². The number of hydrogen-bond donors (Lipinski definition) is 2. The molecule has 0 bridgehead atoms. The fourth-order valence-electron chi connectivity index (χ4n) is 1.30. The van der Waals surface area contributed by atoms with E-state index < -0.39 is 17.4 Å². The monoisotopic (exact) mass is 205 g/mol. The van der Waals surface area contributed by atoms with Crippen LogP contribution in [0.3, 0.4) is 0 Å². The molecule has 2 aromatic rings. The second-order valence-electron chi connectivity index (χ2n) is 2.93. The van der Waals surface area contributed by atoms with Crippen molar-refractivity contribution in [3.63, 3.8) is 0 Å². The lowest BCUT2D eigenvalue weighted by atomic mass is 10.2. The quantitative estimate of drug-likeness (QED) is 0.628. The molecule has 2 rings (SSSR count). The zero-order chi connectivity index (χ0) is 11.0. The van der Waals surface area contributed by atoms with Crippen LogP contribution < -0.4 is 11.4 Å². The fraction of sp³-hybridized carbons (Fsp3) is 0. The lowest BCUT2D eigenvalue weighted by Crippen LogP contribution is -2.33. The number of aromatic carboxylic acids is 1. The topological polar surface area (TPSA) is 98.2 Å². The molecule has 0 radical (unpaired) electrons. The van der Waals surface area contributed by atoms with E-state index in [-0.39, 0.29) is 0 Å². The standard InChI is InChI=1S/C9H7N3O3/c10-12-7(9(14)15)11-6-4-2-1-3-5(6)8(12)13/h1-4H,10H2,(H,14,15). The van der Waals surface area contributed by atoms with Crippen molar-refractivity contribution < 1.29 is 9.90 Å². The summed E-state index contributed by atoms with van der Waals surface area (Å²) in [5.74, 6) is 3.50.